The van der Waals surface area contributed by atoms with Gasteiger partial charge in [0.25, 0.3) is 0 Å². The van der Waals surface area contributed by atoms with Gasteiger partial charge in [-0.25, -0.2) is 17.7 Å². The van der Waals surface area contributed by atoms with Crippen LogP contribution in [0.2, 0.25) is 5.02 Å². The van der Waals surface area contributed by atoms with Crippen LogP contribution in [0, 0.1) is 0 Å². The summed E-state index contributed by atoms with van der Waals surface area (Å²) in [5.41, 5.74) is 0. The summed E-state index contributed by atoms with van der Waals surface area (Å²) in [5.74, 6) is 0.775. The summed E-state index contributed by atoms with van der Waals surface area (Å²) in [6, 6.07) is 3.87. The van der Waals surface area contributed by atoms with Crippen LogP contribution in [-0.2, 0) is 10.0 Å². The van der Waals surface area contributed by atoms with Gasteiger partial charge >= 0.3 is 0 Å². The summed E-state index contributed by atoms with van der Waals surface area (Å²) in [7, 11) is -3.06. The molecule has 0 amide bonds. The van der Waals surface area contributed by atoms with Crippen molar-refractivity contribution in [3.05, 3.63) is 23.4 Å². The van der Waals surface area contributed by atoms with Gasteiger partial charge in [0.05, 0.1) is 11.3 Å². The Bertz CT molecular complexity index is 496. The fraction of sp³-hybridized carbons (Fsp3) is 0.545. The van der Waals surface area contributed by atoms with E-state index in [-0.39, 0.29) is 6.04 Å². The van der Waals surface area contributed by atoms with Crippen molar-refractivity contribution in [1.82, 2.24) is 9.29 Å². The highest BCUT2D eigenvalue weighted by molar-refractivity contribution is 7.88. The second kappa shape index (κ2) is 5.42. The van der Waals surface area contributed by atoms with E-state index in [4.69, 9.17) is 11.6 Å². The topological polar surface area (TPSA) is 62.3 Å². The maximum absolute atomic E-state index is 11.4. The van der Waals surface area contributed by atoms with Gasteiger partial charge in [0, 0.05) is 25.3 Å². The molecule has 2 rings (SSSR count). The summed E-state index contributed by atoms with van der Waals surface area (Å²) in [6.07, 6.45) is 4.42. The second-order valence-electron chi connectivity index (χ2n) is 4.44. The molecule has 1 aliphatic heterocycles. The van der Waals surface area contributed by atoms with Gasteiger partial charge in [0.15, 0.2) is 0 Å². The van der Waals surface area contributed by atoms with Crippen molar-refractivity contribution in [3.8, 4) is 0 Å². The van der Waals surface area contributed by atoms with E-state index in [1.165, 1.54) is 10.6 Å². The van der Waals surface area contributed by atoms with E-state index in [2.05, 4.69) is 10.3 Å². The highest BCUT2D eigenvalue weighted by Crippen LogP contribution is 2.17. The van der Waals surface area contributed by atoms with Crippen LogP contribution < -0.4 is 5.32 Å². The first-order valence-corrected chi connectivity index (χ1v) is 8.01. The molecule has 2 heterocycles. The van der Waals surface area contributed by atoms with Crippen LogP contribution in [0.25, 0.3) is 0 Å². The number of hydrogen-bond acceptors (Lipinski definition) is 4. The minimum atomic E-state index is -3.06. The average Bonchev–Trinajstić information content (AvgIpc) is 2.32. The number of aromatic nitrogens is 1. The summed E-state index contributed by atoms with van der Waals surface area (Å²) >= 11 is 5.76. The lowest BCUT2D eigenvalue weighted by Crippen LogP contribution is -2.41. The minimum absolute atomic E-state index is 0.261. The predicted molar refractivity (Wildman–Crippen MR) is 72.3 cm³/mol. The number of hydrogen-bond donors (Lipinski definition) is 1. The molecule has 0 aromatic carbocycles. The van der Waals surface area contributed by atoms with Crippen molar-refractivity contribution in [2.75, 3.05) is 24.7 Å². The van der Waals surface area contributed by atoms with Crippen LogP contribution in [0.15, 0.2) is 18.3 Å². The lowest BCUT2D eigenvalue weighted by atomic mass is 10.1. The van der Waals surface area contributed by atoms with Crippen molar-refractivity contribution < 1.29 is 8.42 Å². The van der Waals surface area contributed by atoms with Crippen molar-refractivity contribution in [3.63, 3.8) is 0 Å². The third kappa shape index (κ3) is 3.57. The minimum Gasteiger partial charge on any atom is -0.367 e. The van der Waals surface area contributed by atoms with Gasteiger partial charge in [-0.3, -0.25) is 0 Å². The maximum Gasteiger partial charge on any atom is 0.211 e. The van der Waals surface area contributed by atoms with Crippen molar-refractivity contribution in [2.45, 2.75) is 18.9 Å². The van der Waals surface area contributed by atoms with E-state index in [1.54, 1.807) is 12.3 Å². The molecule has 0 atom stereocenters. The number of piperidine rings is 1. The molecule has 0 unspecified atom stereocenters. The van der Waals surface area contributed by atoms with Crippen LogP contribution in [0.4, 0.5) is 5.82 Å². The van der Waals surface area contributed by atoms with E-state index in [1.807, 2.05) is 6.07 Å². The molecule has 0 spiro atoms. The van der Waals surface area contributed by atoms with Gasteiger partial charge in [-0.2, -0.15) is 0 Å². The molecular weight excluding hydrogens is 274 g/mol. The molecule has 0 bridgehead atoms. The zero-order chi connectivity index (χ0) is 13.2. The lowest BCUT2D eigenvalue weighted by Gasteiger charge is -2.30. The molecular formula is C11H16ClN3O2S. The van der Waals surface area contributed by atoms with Crippen molar-refractivity contribution >= 4 is 27.4 Å². The third-order valence-corrected chi connectivity index (χ3v) is 4.53. The average molecular weight is 290 g/mol. The predicted octanol–water partition coefficient (Wildman–Crippen LogP) is 1.57. The van der Waals surface area contributed by atoms with E-state index in [0.29, 0.717) is 18.1 Å². The molecule has 1 aliphatic rings. The first kappa shape index (κ1) is 13.6. The Morgan fingerprint density at radius 3 is 2.56 bits per heavy atom. The highest BCUT2D eigenvalue weighted by atomic mass is 35.5. The Kier molecular flexibility index (Phi) is 4.09. The van der Waals surface area contributed by atoms with Gasteiger partial charge in [-0.05, 0) is 25.0 Å². The van der Waals surface area contributed by atoms with Gasteiger partial charge in [0.1, 0.15) is 5.82 Å². The monoisotopic (exact) mass is 289 g/mol. The number of halogens is 1. The number of anilines is 1. The molecule has 1 N–H and O–H groups in total. The largest absolute Gasteiger partial charge is 0.367 e. The molecule has 0 aliphatic carbocycles. The fourth-order valence-electron chi connectivity index (χ4n) is 2.00. The van der Waals surface area contributed by atoms with E-state index < -0.39 is 10.0 Å². The summed E-state index contributed by atoms with van der Waals surface area (Å²) in [6.45, 7) is 1.12. The molecule has 0 radical (unpaired) electrons. The van der Waals surface area contributed by atoms with Gasteiger partial charge in [-0.15, -0.1) is 0 Å². The van der Waals surface area contributed by atoms with E-state index in [9.17, 15) is 8.42 Å². The molecule has 7 heteroatoms. The number of pyridine rings is 1. The first-order valence-electron chi connectivity index (χ1n) is 5.78. The van der Waals surface area contributed by atoms with Crippen LogP contribution in [0.5, 0.6) is 0 Å². The molecule has 0 saturated carbocycles. The Balaban J connectivity index is 1.89. The number of sulfonamides is 1. The molecule has 1 saturated heterocycles. The summed E-state index contributed by atoms with van der Waals surface area (Å²) < 4.78 is 24.2. The summed E-state index contributed by atoms with van der Waals surface area (Å²) in [4.78, 5) is 4.17. The van der Waals surface area contributed by atoms with Gasteiger partial charge in [-0.1, -0.05) is 11.6 Å². The Labute approximate surface area is 112 Å². The molecule has 1 aromatic rings. The van der Waals surface area contributed by atoms with Crippen molar-refractivity contribution in [2.24, 2.45) is 0 Å². The first-order chi connectivity index (χ1) is 8.45. The van der Waals surface area contributed by atoms with E-state index >= 15 is 0 Å². The van der Waals surface area contributed by atoms with Crippen molar-refractivity contribution in [1.29, 1.82) is 0 Å². The Morgan fingerprint density at radius 2 is 2.06 bits per heavy atom. The zero-order valence-corrected chi connectivity index (χ0v) is 11.7. The number of nitrogens with zero attached hydrogens (tertiary/aromatic N) is 2. The van der Waals surface area contributed by atoms with Crippen LogP contribution in [-0.4, -0.2) is 43.1 Å². The Hall–Kier alpha value is -0.850. The lowest BCUT2D eigenvalue weighted by molar-refractivity contribution is 0.331. The van der Waals surface area contributed by atoms with Crippen LogP contribution in [0.3, 0.4) is 0 Å². The quantitative estimate of drug-likeness (QED) is 0.917. The SMILES string of the molecule is CS(=O)(=O)N1CCC(Nc2ccc(Cl)cn2)CC1. The standard InChI is InChI=1S/C11H16ClN3O2S/c1-18(16,17)15-6-4-10(5-7-15)14-11-3-2-9(12)8-13-11/h2-3,8,10H,4-7H2,1H3,(H,13,14). The maximum atomic E-state index is 11.4. The second-order valence-corrected chi connectivity index (χ2v) is 6.86. The van der Waals surface area contributed by atoms with E-state index in [0.717, 1.165) is 18.7 Å². The van der Waals surface area contributed by atoms with Gasteiger partial charge < -0.3 is 5.32 Å². The highest BCUT2D eigenvalue weighted by Gasteiger charge is 2.24. The van der Waals surface area contributed by atoms with Gasteiger partial charge in [0.2, 0.25) is 10.0 Å². The molecule has 18 heavy (non-hydrogen) atoms. The van der Waals surface area contributed by atoms with Crippen LogP contribution in [0.1, 0.15) is 12.8 Å². The summed E-state index contributed by atoms with van der Waals surface area (Å²) in [5, 5.41) is 3.89. The molecule has 5 nitrogen and oxygen atoms in total. The third-order valence-electron chi connectivity index (χ3n) is 3.00. The van der Waals surface area contributed by atoms with Crippen LogP contribution >= 0.6 is 11.6 Å². The molecule has 1 fully saturated rings. The Morgan fingerprint density at radius 1 is 1.39 bits per heavy atom. The number of rotatable bonds is 3. The normalized spacial score (nSPS) is 18.8. The number of nitrogens with one attached hydrogen (secondary N) is 1. The molecule has 100 valence electrons. The zero-order valence-electron chi connectivity index (χ0n) is 10.1. The smallest absolute Gasteiger partial charge is 0.211 e. The fourth-order valence-corrected chi connectivity index (χ4v) is 2.99. The molecule has 1 aromatic heterocycles.